The standard InChI is InChI=1S/C13H15N3OS2.2ClH/c1-16(13(17)10-7-18-8-14-10)6-12-15-9-4-2-3-5-11(9)19-12;;/h2-5,10,14H,6-8H2,1H3;2*1H. The number of thioether (sulfide) groups is 1. The molecule has 1 aliphatic rings. The number of nitrogens with one attached hydrogen (secondary N) is 1. The Hall–Kier alpha value is -0.530. The van der Waals surface area contributed by atoms with Crippen LogP contribution in [-0.2, 0) is 11.3 Å². The molecule has 4 nitrogen and oxygen atoms in total. The molecule has 1 fully saturated rings. The zero-order valence-electron chi connectivity index (χ0n) is 11.4. The van der Waals surface area contributed by atoms with Gasteiger partial charge in [-0.15, -0.1) is 47.9 Å². The number of aromatic nitrogens is 1. The van der Waals surface area contributed by atoms with Gasteiger partial charge in [0.15, 0.2) is 0 Å². The van der Waals surface area contributed by atoms with E-state index in [1.165, 1.54) is 4.70 Å². The number of amides is 1. The van der Waals surface area contributed by atoms with Crippen molar-refractivity contribution in [1.29, 1.82) is 0 Å². The molecule has 1 unspecified atom stereocenters. The first-order chi connectivity index (χ1) is 9.24. The predicted molar refractivity (Wildman–Crippen MR) is 94.8 cm³/mol. The summed E-state index contributed by atoms with van der Waals surface area (Å²) >= 11 is 3.42. The van der Waals surface area contributed by atoms with E-state index < -0.39 is 0 Å². The number of thiazole rings is 1. The van der Waals surface area contributed by atoms with Gasteiger partial charge in [-0.05, 0) is 12.1 Å². The number of rotatable bonds is 3. The largest absolute Gasteiger partial charge is 0.338 e. The number of fused-ring (bicyclic) bond motifs is 1. The number of hydrogen-bond donors (Lipinski definition) is 1. The Morgan fingerprint density at radius 3 is 2.86 bits per heavy atom. The van der Waals surface area contributed by atoms with Crippen molar-refractivity contribution in [3.8, 4) is 0 Å². The normalized spacial score (nSPS) is 17.1. The maximum absolute atomic E-state index is 12.2. The van der Waals surface area contributed by atoms with Crippen molar-refractivity contribution >= 4 is 64.0 Å². The van der Waals surface area contributed by atoms with Gasteiger partial charge >= 0.3 is 0 Å². The maximum atomic E-state index is 12.2. The van der Waals surface area contributed by atoms with Crippen molar-refractivity contribution in [2.24, 2.45) is 0 Å². The Kier molecular flexibility index (Phi) is 7.23. The van der Waals surface area contributed by atoms with E-state index in [-0.39, 0.29) is 36.8 Å². The van der Waals surface area contributed by atoms with E-state index in [0.29, 0.717) is 6.54 Å². The van der Waals surface area contributed by atoms with Crippen LogP contribution in [0.5, 0.6) is 0 Å². The van der Waals surface area contributed by atoms with Gasteiger partial charge in [-0.3, -0.25) is 10.1 Å². The minimum Gasteiger partial charge on any atom is -0.338 e. The van der Waals surface area contributed by atoms with E-state index in [2.05, 4.69) is 16.4 Å². The van der Waals surface area contributed by atoms with Gasteiger partial charge in [0.05, 0.1) is 22.8 Å². The van der Waals surface area contributed by atoms with Gasteiger partial charge in [0.25, 0.3) is 0 Å². The lowest BCUT2D eigenvalue weighted by Crippen LogP contribution is -2.42. The molecule has 8 heteroatoms. The Morgan fingerprint density at radius 1 is 1.43 bits per heavy atom. The van der Waals surface area contributed by atoms with Crippen molar-refractivity contribution < 1.29 is 4.79 Å². The number of nitrogens with zero attached hydrogens (tertiary/aromatic N) is 2. The van der Waals surface area contributed by atoms with Crippen LogP contribution in [0.15, 0.2) is 24.3 Å². The third-order valence-electron chi connectivity index (χ3n) is 3.10. The van der Waals surface area contributed by atoms with Crippen LogP contribution in [-0.4, -0.2) is 40.5 Å². The molecule has 2 aromatic rings. The van der Waals surface area contributed by atoms with Gasteiger partial charge < -0.3 is 4.90 Å². The van der Waals surface area contributed by atoms with Gasteiger partial charge in [0, 0.05) is 18.7 Å². The van der Waals surface area contributed by atoms with Gasteiger partial charge in [0.1, 0.15) is 5.01 Å². The molecule has 0 aliphatic carbocycles. The van der Waals surface area contributed by atoms with E-state index in [4.69, 9.17) is 0 Å². The van der Waals surface area contributed by atoms with Gasteiger partial charge in [-0.2, -0.15) is 0 Å². The highest BCUT2D eigenvalue weighted by molar-refractivity contribution is 7.99. The third-order valence-corrected chi connectivity index (χ3v) is 5.06. The van der Waals surface area contributed by atoms with E-state index in [1.807, 2.05) is 25.2 Å². The van der Waals surface area contributed by atoms with E-state index in [1.54, 1.807) is 28.0 Å². The first-order valence-corrected chi connectivity index (χ1v) is 8.12. The summed E-state index contributed by atoms with van der Waals surface area (Å²) in [6.45, 7) is 0.584. The molecular formula is C13H17Cl2N3OS2. The second-order valence-electron chi connectivity index (χ2n) is 4.54. The molecule has 1 N–H and O–H groups in total. The lowest BCUT2D eigenvalue weighted by Gasteiger charge is -2.19. The number of benzene rings is 1. The molecule has 2 heterocycles. The molecule has 116 valence electrons. The topological polar surface area (TPSA) is 45.2 Å². The second kappa shape index (κ2) is 8.19. The maximum Gasteiger partial charge on any atom is 0.240 e. The number of hydrogen-bond acceptors (Lipinski definition) is 5. The van der Waals surface area contributed by atoms with Gasteiger partial charge in [-0.25, -0.2) is 4.98 Å². The van der Waals surface area contributed by atoms with Crippen LogP contribution >= 0.6 is 47.9 Å². The average molecular weight is 366 g/mol. The number of halogens is 2. The average Bonchev–Trinajstić information content (AvgIpc) is 3.06. The van der Waals surface area contributed by atoms with Crippen LogP contribution in [0.4, 0.5) is 0 Å². The van der Waals surface area contributed by atoms with E-state index in [9.17, 15) is 4.79 Å². The Labute approximate surface area is 144 Å². The molecule has 1 aliphatic heterocycles. The summed E-state index contributed by atoms with van der Waals surface area (Å²) in [6, 6.07) is 8.03. The second-order valence-corrected chi connectivity index (χ2v) is 6.69. The van der Waals surface area contributed by atoms with E-state index in [0.717, 1.165) is 22.2 Å². The monoisotopic (exact) mass is 365 g/mol. The summed E-state index contributed by atoms with van der Waals surface area (Å²) in [5.74, 6) is 1.89. The first kappa shape index (κ1) is 18.5. The van der Waals surface area contributed by atoms with Crippen molar-refractivity contribution in [2.75, 3.05) is 18.7 Å². The minimum atomic E-state index is -0.0376. The number of carbonyl (C=O) groups excluding carboxylic acids is 1. The zero-order valence-corrected chi connectivity index (χ0v) is 14.7. The highest BCUT2D eigenvalue weighted by Crippen LogP contribution is 2.22. The molecule has 3 rings (SSSR count). The highest BCUT2D eigenvalue weighted by Gasteiger charge is 2.25. The molecule has 0 spiro atoms. The third kappa shape index (κ3) is 4.23. The van der Waals surface area contributed by atoms with Gasteiger partial charge in [-0.1, -0.05) is 12.1 Å². The molecule has 1 atom stereocenters. The summed E-state index contributed by atoms with van der Waals surface area (Å²) in [6.07, 6.45) is 0. The van der Waals surface area contributed by atoms with Crippen LogP contribution in [0.1, 0.15) is 5.01 Å². The Morgan fingerprint density at radius 2 is 2.19 bits per heavy atom. The molecule has 0 radical (unpaired) electrons. The zero-order chi connectivity index (χ0) is 13.2. The summed E-state index contributed by atoms with van der Waals surface area (Å²) in [5.41, 5.74) is 1.01. The fourth-order valence-corrected chi connectivity index (χ4v) is 4.04. The van der Waals surface area contributed by atoms with Gasteiger partial charge in [0.2, 0.25) is 5.91 Å². The fraction of sp³-hybridized carbons (Fsp3) is 0.385. The first-order valence-electron chi connectivity index (χ1n) is 6.14. The summed E-state index contributed by atoms with van der Waals surface area (Å²) < 4.78 is 1.17. The molecule has 1 saturated heterocycles. The Balaban J connectivity index is 0.00000110. The number of likely N-dealkylation sites (N-methyl/N-ethyl adjacent to an activating group) is 1. The fourth-order valence-electron chi connectivity index (χ4n) is 2.09. The molecule has 1 amide bonds. The van der Waals surface area contributed by atoms with Crippen molar-refractivity contribution in [1.82, 2.24) is 15.2 Å². The summed E-state index contributed by atoms with van der Waals surface area (Å²) in [7, 11) is 1.85. The van der Waals surface area contributed by atoms with Crippen molar-refractivity contribution in [2.45, 2.75) is 12.6 Å². The smallest absolute Gasteiger partial charge is 0.240 e. The molecule has 1 aromatic heterocycles. The molecule has 1 aromatic carbocycles. The van der Waals surface area contributed by atoms with Crippen LogP contribution < -0.4 is 5.32 Å². The quantitative estimate of drug-likeness (QED) is 0.908. The van der Waals surface area contributed by atoms with Crippen molar-refractivity contribution in [3.05, 3.63) is 29.3 Å². The lowest BCUT2D eigenvalue weighted by molar-refractivity contribution is -0.131. The molecule has 0 bridgehead atoms. The number of carbonyl (C=O) groups is 1. The SMILES string of the molecule is CN(Cc1nc2ccccc2s1)C(=O)C1CSCN1.Cl.Cl. The molecule has 0 saturated carbocycles. The molecular weight excluding hydrogens is 349 g/mol. The molecule has 21 heavy (non-hydrogen) atoms. The van der Waals surface area contributed by atoms with Crippen LogP contribution in [0, 0.1) is 0 Å². The van der Waals surface area contributed by atoms with Crippen LogP contribution in [0.2, 0.25) is 0 Å². The summed E-state index contributed by atoms with van der Waals surface area (Å²) in [5, 5.41) is 4.19. The predicted octanol–water partition coefficient (Wildman–Crippen LogP) is 2.76. The summed E-state index contributed by atoms with van der Waals surface area (Å²) in [4.78, 5) is 18.5. The lowest BCUT2D eigenvalue weighted by atomic mass is 10.3. The van der Waals surface area contributed by atoms with Crippen LogP contribution in [0.25, 0.3) is 10.2 Å². The highest BCUT2D eigenvalue weighted by atomic mass is 35.5. The number of para-hydroxylation sites is 1. The van der Waals surface area contributed by atoms with E-state index >= 15 is 0 Å². The van der Waals surface area contributed by atoms with Crippen molar-refractivity contribution in [3.63, 3.8) is 0 Å². The van der Waals surface area contributed by atoms with Crippen LogP contribution in [0.3, 0.4) is 0 Å². The Bertz CT molecular complexity index is 569. The minimum absolute atomic E-state index is 0.